The third-order valence-electron chi connectivity index (χ3n) is 2.82. The minimum Gasteiger partial charge on any atom is -0.494 e. The lowest BCUT2D eigenvalue weighted by molar-refractivity contribution is 0.340. The Morgan fingerprint density at radius 3 is 2.89 bits per heavy atom. The molecule has 0 unspecified atom stereocenters. The van der Waals surface area contributed by atoms with Crippen molar-refractivity contribution >= 4 is 0 Å². The molecule has 0 amide bonds. The third kappa shape index (κ3) is 4.72. The van der Waals surface area contributed by atoms with Crippen LogP contribution in [0.3, 0.4) is 0 Å². The molecule has 2 aromatic rings. The number of hydrogen-bond acceptors (Lipinski definition) is 3. The first kappa shape index (κ1) is 13.6. The van der Waals surface area contributed by atoms with Crippen molar-refractivity contribution in [1.29, 1.82) is 0 Å². The molecule has 1 N–H and O–H groups in total. The smallest absolute Gasteiger partial charge is 0.119 e. The summed E-state index contributed by atoms with van der Waals surface area (Å²) in [7, 11) is 0. The van der Waals surface area contributed by atoms with Crippen LogP contribution in [0, 0.1) is 0 Å². The molecular formula is C16H20N2O. The molecule has 1 aromatic heterocycles. The average molecular weight is 256 g/mol. The summed E-state index contributed by atoms with van der Waals surface area (Å²) in [6.45, 7) is 4.48. The summed E-state index contributed by atoms with van der Waals surface area (Å²) < 4.78 is 5.48. The standard InChI is InChI=1S/C16H20N2O/c1-2-19-16-8-5-6-14(12-16)13-17-11-9-15-7-3-4-10-18-15/h3-8,10,12,17H,2,9,11,13H2,1H3. The van der Waals surface area contributed by atoms with Crippen LogP contribution >= 0.6 is 0 Å². The van der Waals surface area contributed by atoms with E-state index in [2.05, 4.69) is 28.5 Å². The number of benzene rings is 1. The molecule has 0 aliphatic heterocycles. The van der Waals surface area contributed by atoms with E-state index < -0.39 is 0 Å². The zero-order chi connectivity index (χ0) is 13.3. The van der Waals surface area contributed by atoms with E-state index in [9.17, 15) is 0 Å². The fourth-order valence-corrected chi connectivity index (χ4v) is 1.91. The summed E-state index contributed by atoms with van der Waals surface area (Å²) in [6.07, 6.45) is 2.78. The van der Waals surface area contributed by atoms with Gasteiger partial charge in [-0.05, 0) is 36.8 Å². The molecule has 19 heavy (non-hydrogen) atoms. The fraction of sp³-hybridized carbons (Fsp3) is 0.312. The van der Waals surface area contributed by atoms with Gasteiger partial charge in [0.15, 0.2) is 0 Å². The van der Waals surface area contributed by atoms with Gasteiger partial charge in [-0.25, -0.2) is 0 Å². The molecule has 0 radical (unpaired) electrons. The van der Waals surface area contributed by atoms with Crippen LogP contribution in [-0.2, 0) is 13.0 Å². The van der Waals surface area contributed by atoms with Gasteiger partial charge in [0, 0.05) is 31.4 Å². The highest BCUT2D eigenvalue weighted by Crippen LogP contribution is 2.12. The van der Waals surface area contributed by atoms with Crippen LogP contribution in [0.1, 0.15) is 18.2 Å². The van der Waals surface area contributed by atoms with E-state index in [1.165, 1.54) is 5.56 Å². The van der Waals surface area contributed by atoms with Crippen molar-refractivity contribution in [3.05, 3.63) is 59.9 Å². The van der Waals surface area contributed by atoms with E-state index in [4.69, 9.17) is 4.74 Å². The predicted molar refractivity (Wildman–Crippen MR) is 77.3 cm³/mol. The Labute approximate surface area is 114 Å². The van der Waals surface area contributed by atoms with Crippen LogP contribution in [0.4, 0.5) is 0 Å². The molecule has 0 bridgehead atoms. The number of ether oxygens (including phenoxy) is 1. The molecule has 3 nitrogen and oxygen atoms in total. The van der Waals surface area contributed by atoms with E-state index in [0.29, 0.717) is 6.61 Å². The maximum absolute atomic E-state index is 5.48. The maximum atomic E-state index is 5.48. The summed E-state index contributed by atoms with van der Waals surface area (Å²) >= 11 is 0. The first-order chi connectivity index (χ1) is 9.38. The first-order valence-electron chi connectivity index (χ1n) is 6.71. The van der Waals surface area contributed by atoms with Crippen molar-refractivity contribution in [2.24, 2.45) is 0 Å². The van der Waals surface area contributed by atoms with Gasteiger partial charge in [-0.1, -0.05) is 18.2 Å². The number of pyridine rings is 1. The maximum Gasteiger partial charge on any atom is 0.119 e. The van der Waals surface area contributed by atoms with Gasteiger partial charge in [0.25, 0.3) is 0 Å². The highest BCUT2D eigenvalue weighted by Gasteiger charge is 1.97. The van der Waals surface area contributed by atoms with Gasteiger partial charge >= 0.3 is 0 Å². The van der Waals surface area contributed by atoms with Gasteiger partial charge in [-0.3, -0.25) is 4.98 Å². The van der Waals surface area contributed by atoms with Gasteiger partial charge < -0.3 is 10.1 Å². The number of nitrogens with one attached hydrogen (secondary N) is 1. The molecule has 3 heteroatoms. The average Bonchev–Trinajstić information content (AvgIpc) is 2.46. The van der Waals surface area contributed by atoms with E-state index in [-0.39, 0.29) is 0 Å². The lowest BCUT2D eigenvalue weighted by Gasteiger charge is -2.07. The second-order valence-electron chi connectivity index (χ2n) is 4.33. The second-order valence-corrected chi connectivity index (χ2v) is 4.33. The second kappa shape index (κ2) is 7.54. The molecule has 0 fully saturated rings. The summed E-state index contributed by atoms with van der Waals surface area (Å²) in [5, 5.41) is 3.42. The molecule has 0 saturated heterocycles. The Morgan fingerprint density at radius 2 is 2.11 bits per heavy atom. The fourth-order valence-electron chi connectivity index (χ4n) is 1.91. The summed E-state index contributed by atoms with van der Waals surface area (Å²) in [5.41, 5.74) is 2.37. The van der Waals surface area contributed by atoms with Gasteiger partial charge in [-0.15, -0.1) is 0 Å². The van der Waals surface area contributed by atoms with E-state index in [1.54, 1.807) is 0 Å². The molecule has 0 atom stereocenters. The molecule has 0 spiro atoms. The van der Waals surface area contributed by atoms with Gasteiger partial charge in [0.2, 0.25) is 0 Å². The molecule has 0 aliphatic rings. The van der Waals surface area contributed by atoms with Crippen molar-refractivity contribution < 1.29 is 4.74 Å². The Balaban J connectivity index is 1.75. The van der Waals surface area contributed by atoms with Crippen LogP contribution in [0.15, 0.2) is 48.7 Å². The number of aromatic nitrogens is 1. The number of rotatable bonds is 7. The quantitative estimate of drug-likeness (QED) is 0.773. The van der Waals surface area contributed by atoms with E-state index in [0.717, 1.165) is 31.0 Å². The Hall–Kier alpha value is -1.87. The molecule has 1 aromatic carbocycles. The van der Waals surface area contributed by atoms with Crippen molar-refractivity contribution in [3.63, 3.8) is 0 Å². The van der Waals surface area contributed by atoms with Crippen molar-refractivity contribution in [2.75, 3.05) is 13.2 Å². The normalized spacial score (nSPS) is 10.4. The van der Waals surface area contributed by atoms with Crippen LogP contribution in [0.5, 0.6) is 5.75 Å². The van der Waals surface area contributed by atoms with Crippen molar-refractivity contribution in [3.8, 4) is 5.75 Å². The van der Waals surface area contributed by atoms with Gasteiger partial charge in [0.1, 0.15) is 5.75 Å². The van der Waals surface area contributed by atoms with Gasteiger partial charge in [-0.2, -0.15) is 0 Å². The first-order valence-corrected chi connectivity index (χ1v) is 6.71. The van der Waals surface area contributed by atoms with Crippen LogP contribution in [-0.4, -0.2) is 18.1 Å². The number of hydrogen-bond donors (Lipinski definition) is 1. The minimum absolute atomic E-state index is 0.705. The SMILES string of the molecule is CCOc1cccc(CNCCc2ccccn2)c1. The van der Waals surface area contributed by atoms with Crippen LogP contribution < -0.4 is 10.1 Å². The predicted octanol–water partition coefficient (Wildman–Crippen LogP) is 2.81. The van der Waals surface area contributed by atoms with E-state index in [1.807, 2.05) is 37.4 Å². The van der Waals surface area contributed by atoms with Gasteiger partial charge in [0.05, 0.1) is 6.61 Å². The molecule has 2 rings (SSSR count). The summed E-state index contributed by atoms with van der Waals surface area (Å²) in [6, 6.07) is 14.2. The Kier molecular flexibility index (Phi) is 5.38. The van der Waals surface area contributed by atoms with Crippen molar-refractivity contribution in [2.45, 2.75) is 19.9 Å². The zero-order valence-corrected chi connectivity index (χ0v) is 11.3. The minimum atomic E-state index is 0.705. The Morgan fingerprint density at radius 1 is 1.16 bits per heavy atom. The lowest BCUT2D eigenvalue weighted by atomic mass is 10.2. The Bertz CT molecular complexity index is 485. The van der Waals surface area contributed by atoms with Crippen LogP contribution in [0.25, 0.3) is 0 Å². The highest BCUT2D eigenvalue weighted by atomic mass is 16.5. The monoisotopic (exact) mass is 256 g/mol. The largest absolute Gasteiger partial charge is 0.494 e. The molecule has 0 saturated carbocycles. The third-order valence-corrected chi connectivity index (χ3v) is 2.82. The molecule has 0 aliphatic carbocycles. The zero-order valence-electron chi connectivity index (χ0n) is 11.3. The van der Waals surface area contributed by atoms with Crippen LogP contribution in [0.2, 0.25) is 0 Å². The number of nitrogens with zero attached hydrogens (tertiary/aromatic N) is 1. The highest BCUT2D eigenvalue weighted by molar-refractivity contribution is 5.28. The van der Waals surface area contributed by atoms with Crippen molar-refractivity contribution in [1.82, 2.24) is 10.3 Å². The summed E-state index contributed by atoms with van der Waals surface area (Å²) in [4.78, 5) is 4.30. The molecule has 1 heterocycles. The summed E-state index contributed by atoms with van der Waals surface area (Å²) in [5.74, 6) is 0.937. The lowest BCUT2D eigenvalue weighted by Crippen LogP contribution is -2.17. The molecular weight excluding hydrogens is 236 g/mol. The van der Waals surface area contributed by atoms with E-state index >= 15 is 0 Å². The molecule has 100 valence electrons. The topological polar surface area (TPSA) is 34.1 Å².